The molecule has 1 atom stereocenters. The van der Waals surface area contributed by atoms with E-state index >= 15 is 0 Å². The molecule has 0 bridgehead atoms. The van der Waals surface area contributed by atoms with Gasteiger partial charge in [0.25, 0.3) is 11.8 Å². The van der Waals surface area contributed by atoms with E-state index in [0.717, 1.165) is 12.8 Å². The maximum Gasteiger partial charge on any atom is 0.256 e. The lowest BCUT2D eigenvalue weighted by Crippen LogP contribution is -2.57. The van der Waals surface area contributed by atoms with Crippen LogP contribution in [0, 0.1) is 6.92 Å². The predicted molar refractivity (Wildman–Crippen MR) is 98.2 cm³/mol. The van der Waals surface area contributed by atoms with Crippen LogP contribution in [0.2, 0.25) is 0 Å². The van der Waals surface area contributed by atoms with Gasteiger partial charge in [0.2, 0.25) is 5.91 Å². The molecule has 3 amide bonds. The number of aliphatic hydroxyl groups excluding tert-OH is 1. The molecule has 1 saturated carbocycles. The number of fused-ring (bicyclic) bond motifs is 1. The summed E-state index contributed by atoms with van der Waals surface area (Å²) in [5.41, 5.74) is 4.78. The number of hydrogen-bond acceptors (Lipinski definition) is 5. The fourth-order valence-electron chi connectivity index (χ4n) is 2.96. The van der Waals surface area contributed by atoms with Crippen molar-refractivity contribution in [2.75, 3.05) is 13.7 Å². The second kappa shape index (κ2) is 6.70. The van der Waals surface area contributed by atoms with Crippen LogP contribution in [0.25, 0.3) is 11.0 Å². The monoisotopic (exact) mass is 373 g/mol. The lowest BCUT2D eigenvalue weighted by molar-refractivity contribution is -0.124. The Labute approximate surface area is 156 Å². The van der Waals surface area contributed by atoms with Gasteiger partial charge in [-0.05, 0) is 44.9 Å². The maximum absolute atomic E-state index is 12.8. The number of rotatable bonds is 6. The molecule has 1 aromatic carbocycles. The zero-order chi connectivity index (χ0) is 19.9. The van der Waals surface area contributed by atoms with Crippen molar-refractivity contribution in [3.63, 3.8) is 0 Å². The Morgan fingerprint density at radius 2 is 2.04 bits per heavy atom. The molecule has 2 aromatic rings. The van der Waals surface area contributed by atoms with Crippen molar-refractivity contribution in [2.24, 2.45) is 5.73 Å². The van der Waals surface area contributed by atoms with Crippen LogP contribution in [0.3, 0.4) is 0 Å². The van der Waals surface area contributed by atoms with Gasteiger partial charge in [-0.25, -0.2) is 0 Å². The second-order valence-electron chi connectivity index (χ2n) is 7.20. The molecule has 1 aliphatic rings. The first kappa shape index (κ1) is 18.9. The molecule has 8 nitrogen and oxygen atoms in total. The molecule has 0 aliphatic heterocycles. The van der Waals surface area contributed by atoms with Crippen molar-refractivity contribution in [3.8, 4) is 0 Å². The smallest absolute Gasteiger partial charge is 0.256 e. The molecule has 4 N–H and O–H groups in total. The number of primary amides is 1. The summed E-state index contributed by atoms with van der Waals surface area (Å²) in [7, 11) is 1.76. The summed E-state index contributed by atoms with van der Waals surface area (Å²) >= 11 is 0. The highest BCUT2D eigenvalue weighted by Gasteiger charge is 2.34. The highest BCUT2D eigenvalue weighted by atomic mass is 16.3. The number of benzene rings is 1. The summed E-state index contributed by atoms with van der Waals surface area (Å²) in [6.45, 7) is 2.32. The number of amides is 3. The molecule has 0 radical (unpaired) electrons. The van der Waals surface area contributed by atoms with Gasteiger partial charge in [0.15, 0.2) is 0 Å². The zero-order valence-electron chi connectivity index (χ0n) is 15.5. The number of nitrogens with two attached hydrogens (primary N) is 1. The number of furan rings is 1. The molecule has 3 rings (SSSR count). The summed E-state index contributed by atoms with van der Waals surface area (Å²) in [4.78, 5) is 38.7. The van der Waals surface area contributed by atoms with E-state index in [1.54, 1.807) is 37.1 Å². The fourth-order valence-corrected chi connectivity index (χ4v) is 2.96. The van der Waals surface area contributed by atoms with E-state index in [1.807, 2.05) is 0 Å². The third-order valence-electron chi connectivity index (χ3n) is 5.00. The van der Waals surface area contributed by atoms with Crippen LogP contribution in [0.4, 0.5) is 0 Å². The molecule has 144 valence electrons. The van der Waals surface area contributed by atoms with Crippen molar-refractivity contribution in [1.82, 2.24) is 10.2 Å². The van der Waals surface area contributed by atoms with Crippen LogP contribution in [-0.4, -0.2) is 53.0 Å². The Morgan fingerprint density at radius 1 is 1.37 bits per heavy atom. The fraction of sp³-hybridized carbons (Fsp3) is 0.421. The van der Waals surface area contributed by atoms with Crippen LogP contribution in [0.1, 0.15) is 46.2 Å². The molecular weight excluding hydrogens is 350 g/mol. The van der Waals surface area contributed by atoms with Crippen molar-refractivity contribution in [3.05, 3.63) is 35.1 Å². The molecule has 0 saturated heterocycles. The van der Waals surface area contributed by atoms with Crippen LogP contribution in [0.5, 0.6) is 0 Å². The van der Waals surface area contributed by atoms with Gasteiger partial charge in [0, 0.05) is 24.0 Å². The molecule has 27 heavy (non-hydrogen) atoms. The predicted octanol–water partition coefficient (Wildman–Crippen LogP) is 0.942. The number of carbonyl (C=O) groups is 3. The Balaban J connectivity index is 1.98. The molecule has 1 fully saturated rings. The van der Waals surface area contributed by atoms with Crippen molar-refractivity contribution < 1.29 is 23.9 Å². The lowest BCUT2D eigenvalue weighted by atomic mass is 10.0. The largest absolute Gasteiger partial charge is 0.461 e. The summed E-state index contributed by atoms with van der Waals surface area (Å²) in [5, 5.41) is 12.4. The molecule has 0 spiro atoms. The van der Waals surface area contributed by atoms with Crippen LogP contribution >= 0.6 is 0 Å². The summed E-state index contributed by atoms with van der Waals surface area (Å²) in [5.74, 6) is -1.25. The van der Waals surface area contributed by atoms with Gasteiger partial charge in [-0.15, -0.1) is 0 Å². The number of nitrogens with one attached hydrogen (secondary N) is 1. The normalized spacial score (nSPS) is 16.0. The molecule has 8 heteroatoms. The minimum Gasteiger partial charge on any atom is -0.461 e. The van der Waals surface area contributed by atoms with Gasteiger partial charge >= 0.3 is 0 Å². The lowest BCUT2D eigenvalue weighted by Gasteiger charge is -2.24. The number of aliphatic hydroxyl groups is 1. The Bertz CT molecular complexity index is 931. The van der Waals surface area contributed by atoms with E-state index in [0.29, 0.717) is 22.3 Å². The van der Waals surface area contributed by atoms with Gasteiger partial charge in [-0.3, -0.25) is 14.4 Å². The molecule has 1 aliphatic carbocycles. The highest BCUT2D eigenvalue weighted by Crippen LogP contribution is 2.30. The number of aryl methyl sites for hydroxylation is 1. The van der Waals surface area contributed by atoms with E-state index < -0.39 is 24.0 Å². The highest BCUT2D eigenvalue weighted by molar-refractivity contribution is 6.10. The van der Waals surface area contributed by atoms with Gasteiger partial charge in [-0.2, -0.15) is 0 Å². The van der Waals surface area contributed by atoms with E-state index in [4.69, 9.17) is 10.2 Å². The zero-order valence-corrected chi connectivity index (χ0v) is 15.5. The molecule has 0 unspecified atom stereocenters. The van der Waals surface area contributed by atoms with E-state index in [-0.39, 0.29) is 17.5 Å². The first-order valence-corrected chi connectivity index (χ1v) is 8.71. The number of carbonyl (C=O) groups excluding carboxylic acids is 3. The number of hydrogen-bond donors (Lipinski definition) is 3. The molecular formula is C19H23N3O5. The SMILES string of the molecule is Cc1oc2ccc(C(=O)N(C)C3CC3)cc2c1C(=O)N[C@@](C)(CO)C(N)=O. The Morgan fingerprint density at radius 3 is 2.59 bits per heavy atom. The van der Waals surface area contributed by atoms with Gasteiger partial charge < -0.3 is 25.5 Å². The van der Waals surface area contributed by atoms with Crippen molar-refractivity contribution >= 4 is 28.7 Å². The van der Waals surface area contributed by atoms with Crippen molar-refractivity contribution in [2.45, 2.75) is 38.3 Å². The molecule has 1 aromatic heterocycles. The average molecular weight is 373 g/mol. The van der Waals surface area contributed by atoms with Gasteiger partial charge in [0.05, 0.1) is 12.2 Å². The van der Waals surface area contributed by atoms with E-state index in [9.17, 15) is 19.5 Å². The summed E-state index contributed by atoms with van der Waals surface area (Å²) < 4.78 is 5.62. The number of nitrogens with zero attached hydrogens (tertiary/aromatic N) is 1. The van der Waals surface area contributed by atoms with E-state index in [2.05, 4.69) is 5.32 Å². The van der Waals surface area contributed by atoms with Crippen LogP contribution in [0.15, 0.2) is 22.6 Å². The maximum atomic E-state index is 12.8. The second-order valence-corrected chi connectivity index (χ2v) is 7.20. The first-order chi connectivity index (χ1) is 12.7. The quantitative estimate of drug-likeness (QED) is 0.695. The standard InChI is InChI=1S/C19H23N3O5/c1-10-15(16(24)21-19(2,9-23)18(20)26)13-8-11(4-7-14(13)27-10)17(25)22(3)12-5-6-12/h4,7-8,12,23H,5-6,9H2,1-3H3,(H2,20,26)(H,21,24)/t19-/m0/s1. The minimum atomic E-state index is -1.60. The van der Waals surface area contributed by atoms with Crippen molar-refractivity contribution in [1.29, 1.82) is 0 Å². The van der Waals surface area contributed by atoms with Crippen LogP contribution < -0.4 is 11.1 Å². The molecule has 1 heterocycles. The Hall–Kier alpha value is -2.87. The average Bonchev–Trinajstić information content (AvgIpc) is 3.41. The topological polar surface area (TPSA) is 126 Å². The minimum absolute atomic E-state index is 0.123. The third kappa shape index (κ3) is 3.40. The third-order valence-corrected chi connectivity index (χ3v) is 5.00. The Kier molecular flexibility index (Phi) is 4.69. The van der Waals surface area contributed by atoms with E-state index in [1.165, 1.54) is 6.92 Å². The van der Waals surface area contributed by atoms with Gasteiger partial charge in [0.1, 0.15) is 16.9 Å². The summed E-state index contributed by atoms with van der Waals surface area (Å²) in [6.07, 6.45) is 1.99. The van der Waals surface area contributed by atoms with Crippen LogP contribution in [-0.2, 0) is 4.79 Å². The summed E-state index contributed by atoms with van der Waals surface area (Å²) in [6, 6.07) is 5.19. The first-order valence-electron chi connectivity index (χ1n) is 8.71. The van der Waals surface area contributed by atoms with Gasteiger partial charge in [-0.1, -0.05) is 0 Å².